The summed E-state index contributed by atoms with van der Waals surface area (Å²) in [5.41, 5.74) is 1.36. The van der Waals surface area contributed by atoms with Crippen LogP contribution in [-0.2, 0) is 4.74 Å². The lowest BCUT2D eigenvalue weighted by atomic mass is 10.1. The van der Waals surface area contributed by atoms with E-state index in [1.165, 1.54) is 0 Å². The summed E-state index contributed by atoms with van der Waals surface area (Å²) in [7, 11) is 3.40. The third kappa shape index (κ3) is 3.62. The number of carbonyl (C=O) groups excluding carboxylic acids is 1. The topological polar surface area (TPSA) is 41.6 Å². The molecule has 0 aromatic heterocycles. The van der Waals surface area contributed by atoms with Crippen molar-refractivity contribution in [3.8, 4) is 0 Å². The van der Waals surface area contributed by atoms with Crippen molar-refractivity contribution < 1.29 is 9.53 Å². The van der Waals surface area contributed by atoms with Crippen LogP contribution in [0.15, 0.2) is 18.2 Å². The van der Waals surface area contributed by atoms with Crippen molar-refractivity contribution in [1.82, 2.24) is 4.90 Å². The van der Waals surface area contributed by atoms with Gasteiger partial charge in [0.05, 0.1) is 12.2 Å². The van der Waals surface area contributed by atoms with Crippen molar-refractivity contribution in [2.75, 3.05) is 39.2 Å². The van der Waals surface area contributed by atoms with E-state index in [9.17, 15) is 4.79 Å². The second-order valence-corrected chi connectivity index (χ2v) is 4.25. The molecule has 0 aliphatic carbocycles. The van der Waals surface area contributed by atoms with Crippen molar-refractivity contribution >= 4 is 23.2 Å². The molecule has 0 spiro atoms. The van der Waals surface area contributed by atoms with E-state index in [1.54, 1.807) is 37.3 Å². The number of halogens is 1. The molecular weight excluding hydrogens is 252 g/mol. The van der Waals surface area contributed by atoms with Crippen LogP contribution in [-0.4, -0.2) is 44.7 Å². The first kappa shape index (κ1) is 14.8. The highest BCUT2D eigenvalue weighted by Gasteiger charge is 2.17. The third-order valence-corrected chi connectivity index (χ3v) is 2.95. The first-order valence-electron chi connectivity index (χ1n) is 5.89. The van der Waals surface area contributed by atoms with Gasteiger partial charge >= 0.3 is 0 Å². The van der Waals surface area contributed by atoms with E-state index in [4.69, 9.17) is 16.3 Å². The van der Waals surface area contributed by atoms with E-state index in [-0.39, 0.29) is 5.91 Å². The van der Waals surface area contributed by atoms with Gasteiger partial charge in [-0.3, -0.25) is 4.79 Å². The first-order valence-corrected chi connectivity index (χ1v) is 6.27. The number of carbonyl (C=O) groups is 1. The Labute approximate surface area is 113 Å². The molecule has 1 amide bonds. The molecule has 1 aromatic carbocycles. The molecular formula is C13H19ClN2O2. The highest BCUT2D eigenvalue weighted by molar-refractivity contribution is 6.31. The molecule has 1 N–H and O–H groups in total. The van der Waals surface area contributed by atoms with Crippen LogP contribution in [0.4, 0.5) is 5.69 Å². The van der Waals surface area contributed by atoms with Crippen molar-refractivity contribution in [3.05, 3.63) is 28.8 Å². The predicted molar refractivity (Wildman–Crippen MR) is 74.5 cm³/mol. The molecule has 0 aliphatic heterocycles. The SMILES string of the molecule is CCN(CCOC)C(=O)c1cc(Cl)ccc1NC. The summed E-state index contributed by atoms with van der Waals surface area (Å²) in [6, 6.07) is 5.25. The van der Waals surface area contributed by atoms with Crippen LogP contribution in [0, 0.1) is 0 Å². The lowest BCUT2D eigenvalue weighted by molar-refractivity contribution is 0.0707. The number of nitrogens with one attached hydrogen (secondary N) is 1. The number of nitrogens with zero attached hydrogens (tertiary/aromatic N) is 1. The quantitative estimate of drug-likeness (QED) is 0.864. The third-order valence-electron chi connectivity index (χ3n) is 2.72. The fourth-order valence-corrected chi connectivity index (χ4v) is 1.86. The van der Waals surface area contributed by atoms with Crippen LogP contribution < -0.4 is 5.32 Å². The molecule has 0 fully saturated rings. The second kappa shape index (κ2) is 7.24. The number of methoxy groups -OCH3 is 1. The van der Waals surface area contributed by atoms with Gasteiger partial charge in [-0.05, 0) is 25.1 Å². The molecule has 4 nitrogen and oxygen atoms in total. The predicted octanol–water partition coefficient (Wildman–Crippen LogP) is 2.49. The number of benzene rings is 1. The summed E-state index contributed by atoms with van der Waals surface area (Å²) in [5, 5.41) is 3.56. The van der Waals surface area contributed by atoms with Crippen LogP contribution in [0.5, 0.6) is 0 Å². The smallest absolute Gasteiger partial charge is 0.256 e. The van der Waals surface area contributed by atoms with Gasteiger partial charge in [0.15, 0.2) is 0 Å². The zero-order valence-corrected chi connectivity index (χ0v) is 11.8. The zero-order chi connectivity index (χ0) is 13.5. The highest BCUT2D eigenvalue weighted by atomic mass is 35.5. The summed E-state index contributed by atoms with van der Waals surface area (Å²) in [5.74, 6) is -0.0404. The molecule has 100 valence electrons. The molecule has 5 heteroatoms. The number of rotatable bonds is 6. The van der Waals surface area contributed by atoms with Gasteiger partial charge in [0.25, 0.3) is 5.91 Å². The number of ether oxygens (including phenoxy) is 1. The molecule has 0 saturated heterocycles. The van der Waals surface area contributed by atoms with E-state index in [2.05, 4.69) is 5.32 Å². The summed E-state index contributed by atoms with van der Waals surface area (Å²) in [4.78, 5) is 14.1. The fraction of sp³-hybridized carbons (Fsp3) is 0.462. The molecule has 0 unspecified atom stereocenters. The van der Waals surface area contributed by atoms with E-state index < -0.39 is 0 Å². The van der Waals surface area contributed by atoms with Gasteiger partial charge in [0, 0.05) is 38.0 Å². The minimum atomic E-state index is -0.0404. The van der Waals surface area contributed by atoms with Crippen molar-refractivity contribution in [1.29, 1.82) is 0 Å². The first-order chi connectivity index (χ1) is 8.63. The number of hydrogen-bond donors (Lipinski definition) is 1. The lowest BCUT2D eigenvalue weighted by Crippen LogP contribution is -2.34. The molecule has 0 radical (unpaired) electrons. The Morgan fingerprint density at radius 2 is 2.22 bits per heavy atom. The van der Waals surface area contributed by atoms with Crippen molar-refractivity contribution in [2.45, 2.75) is 6.92 Å². The lowest BCUT2D eigenvalue weighted by Gasteiger charge is -2.22. The largest absolute Gasteiger partial charge is 0.387 e. The minimum absolute atomic E-state index is 0.0404. The zero-order valence-electron chi connectivity index (χ0n) is 11.0. The maximum Gasteiger partial charge on any atom is 0.256 e. The van der Waals surface area contributed by atoms with Gasteiger partial charge in [-0.25, -0.2) is 0 Å². The van der Waals surface area contributed by atoms with Gasteiger partial charge in [-0.2, -0.15) is 0 Å². The molecule has 18 heavy (non-hydrogen) atoms. The number of likely N-dealkylation sites (N-methyl/N-ethyl adjacent to an activating group) is 1. The number of amides is 1. The van der Waals surface area contributed by atoms with E-state index in [1.807, 2.05) is 6.92 Å². The van der Waals surface area contributed by atoms with Gasteiger partial charge < -0.3 is 15.0 Å². The highest BCUT2D eigenvalue weighted by Crippen LogP contribution is 2.21. The molecule has 0 atom stereocenters. The Morgan fingerprint density at radius 1 is 1.50 bits per heavy atom. The molecule has 0 saturated carbocycles. The molecule has 1 rings (SSSR count). The number of anilines is 1. The molecule has 0 heterocycles. The summed E-state index contributed by atoms with van der Waals surface area (Å²) >= 11 is 5.95. The van der Waals surface area contributed by atoms with E-state index in [0.29, 0.717) is 30.3 Å². The van der Waals surface area contributed by atoms with Crippen LogP contribution in [0.2, 0.25) is 5.02 Å². The van der Waals surface area contributed by atoms with Crippen LogP contribution in [0.25, 0.3) is 0 Å². The Hall–Kier alpha value is -1.26. The van der Waals surface area contributed by atoms with E-state index >= 15 is 0 Å². The molecule has 1 aromatic rings. The standard InChI is InChI=1S/C13H19ClN2O2/c1-4-16(7-8-18-3)13(17)11-9-10(14)5-6-12(11)15-2/h5-6,9,15H,4,7-8H2,1-3H3. The van der Waals surface area contributed by atoms with Gasteiger partial charge in [-0.1, -0.05) is 11.6 Å². The average Bonchev–Trinajstić information content (AvgIpc) is 2.39. The number of hydrogen-bond acceptors (Lipinski definition) is 3. The maximum atomic E-state index is 12.4. The Kier molecular flexibility index (Phi) is 5.95. The Bertz CT molecular complexity index is 410. The van der Waals surface area contributed by atoms with Crippen LogP contribution >= 0.6 is 11.6 Å². The van der Waals surface area contributed by atoms with Gasteiger partial charge in [0.2, 0.25) is 0 Å². The van der Waals surface area contributed by atoms with Crippen LogP contribution in [0.1, 0.15) is 17.3 Å². The summed E-state index contributed by atoms with van der Waals surface area (Å²) in [6.45, 7) is 3.67. The minimum Gasteiger partial charge on any atom is -0.387 e. The van der Waals surface area contributed by atoms with Crippen molar-refractivity contribution in [3.63, 3.8) is 0 Å². The van der Waals surface area contributed by atoms with Gasteiger partial charge in [0.1, 0.15) is 0 Å². The molecule has 0 aliphatic rings. The average molecular weight is 271 g/mol. The van der Waals surface area contributed by atoms with Gasteiger partial charge in [-0.15, -0.1) is 0 Å². The maximum absolute atomic E-state index is 12.4. The molecule has 0 bridgehead atoms. The van der Waals surface area contributed by atoms with Crippen LogP contribution in [0.3, 0.4) is 0 Å². The Morgan fingerprint density at radius 3 is 2.78 bits per heavy atom. The monoisotopic (exact) mass is 270 g/mol. The fourth-order valence-electron chi connectivity index (χ4n) is 1.69. The summed E-state index contributed by atoms with van der Waals surface area (Å²) in [6.07, 6.45) is 0. The van der Waals surface area contributed by atoms with E-state index in [0.717, 1.165) is 5.69 Å². The normalized spacial score (nSPS) is 10.2. The summed E-state index contributed by atoms with van der Waals surface area (Å²) < 4.78 is 5.00. The Balaban J connectivity index is 2.96. The second-order valence-electron chi connectivity index (χ2n) is 3.82. The van der Waals surface area contributed by atoms with Crippen molar-refractivity contribution in [2.24, 2.45) is 0 Å².